The Morgan fingerprint density at radius 2 is 2.00 bits per heavy atom. The van der Waals surface area contributed by atoms with Crippen LogP contribution in [0.3, 0.4) is 0 Å². The number of para-hydroxylation sites is 1. The first-order valence-electron chi connectivity index (χ1n) is 6.61. The van der Waals surface area contributed by atoms with Crippen LogP contribution >= 0.6 is 0 Å². The van der Waals surface area contributed by atoms with Gasteiger partial charge in [-0.3, -0.25) is 0 Å². The molecule has 0 saturated carbocycles. The van der Waals surface area contributed by atoms with Gasteiger partial charge in [-0.25, -0.2) is 0 Å². The lowest BCUT2D eigenvalue weighted by Gasteiger charge is -2.16. The van der Waals surface area contributed by atoms with E-state index in [1.54, 1.807) is 12.1 Å². The number of aliphatic hydroxyl groups is 1. The summed E-state index contributed by atoms with van der Waals surface area (Å²) in [7, 11) is 0. The van der Waals surface area contributed by atoms with Crippen molar-refractivity contribution in [2.75, 3.05) is 13.2 Å². The van der Waals surface area contributed by atoms with Gasteiger partial charge in [-0.15, -0.1) is 13.2 Å². The summed E-state index contributed by atoms with van der Waals surface area (Å²) in [5.74, 6) is 0.137. The minimum atomic E-state index is -4.68. The maximum atomic E-state index is 12.3. The third-order valence-electron chi connectivity index (χ3n) is 3.06. The normalized spacial score (nSPS) is 13.2. The van der Waals surface area contributed by atoms with E-state index in [0.29, 0.717) is 31.0 Å². The Morgan fingerprint density at radius 1 is 1.30 bits per heavy atom. The van der Waals surface area contributed by atoms with E-state index in [0.717, 1.165) is 6.42 Å². The molecule has 1 unspecified atom stereocenters. The molecule has 1 aromatic carbocycles. The maximum Gasteiger partial charge on any atom is 0.573 e. The Labute approximate surface area is 116 Å². The lowest BCUT2D eigenvalue weighted by molar-refractivity contribution is -0.274. The molecule has 0 spiro atoms. The molecule has 114 valence electrons. The highest BCUT2D eigenvalue weighted by Crippen LogP contribution is 2.26. The molecule has 1 atom stereocenters. The van der Waals surface area contributed by atoms with E-state index < -0.39 is 6.36 Å². The van der Waals surface area contributed by atoms with E-state index in [9.17, 15) is 13.2 Å². The minimum absolute atomic E-state index is 0.119. The molecule has 0 aliphatic rings. The Morgan fingerprint density at radius 3 is 2.60 bits per heavy atom. The third kappa shape index (κ3) is 6.25. The summed E-state index contributed by atoms with van der Waals surface area (Å²) < 4.78 is 40.8. The second kappa shape index (κ2) is 8.11. The molecular weight excluding hydrogens is 271 g/mol. The first kappa shape index (κ1) is 16.8. The lowest BCUT2D eigenvalue weighted by atomic mass is 10.0. The van der Waals surface area contributed by atoms with E-state index >= 15 is 0 Å². The number of rotatable bonds is 8. The molecule has 0 fully saturated rings. The van der Waals surface area contributed by atoms with Gasteiger partial charge in [-0.1, -0.05) is 31.5 Å². The highest BCUT2D eigenvalue weighted by molar-refractivity contribution is 5.33. The molecule has 0 bridgehead atoms. The highest BCUT2D eigenvalue weighted by atomic mass is 19.4. The monoisotopic (exact) mass is 291 g/mol. The average Bonchev–Trinajstić information content (AvgIpc) is 2.38. The summed E-state index contributed by atoms with van der Waals surface area (Å²) in [5, 5.41) is 12.0. The fourth-order valence-electron chi connectivity index (χ4n) is 1.92. The van der Waals surface area contributed by atoms with Gasteiger partial charge >= 0.3 is 6.36 Å². The van der Waals surface area contributed by atoms with Gasteiger partial charge in [0, 0.05) is 18.7 Å². The van der Waals surface area contributed by atoms with Crippen molar-refractivity contribution in [2.45, 2.75) is 32.7 Å². The fourth-order valence-corrected chi connectivity index (χ4v) is 1.92. The number of alkyl halides is 3. The SMILES string of the molecule is CCC(CCO)CNCc1ccccc1OC(F)(F)F. The molecule has 6 heteroatoms. The van der Waals surface area contributed by atoms with Gasteiger partial charge in [-0.2, -0.15) is 0 Å². The number of ether oxygens (including phenoxy) is 1. The minimum Gasteiger partial charge on any atom is -0.405 e. The standard InChI is InChI=1S/C14H20F3NO2/c1-2-11(7-8-19)9-18-10-12-5-3-4-6-13(12)20-14(15,16)17/h3-6,11,18-19H,2,7-10H2,1H3. The van der Waals surface area contributed by atoms with Crippen LogP contribution in [-0.2, 0) is 6.54 Å². The zero-order chi connectivity index (χ0) is 15.0. The van der Waals surface area contributed by atoms with Crippen molar-refractivity contribution < 1.29 is 23.0 Å². The zero-order valence-corrected chi connectivity index (χ0v) is 11.4. The van der Waals surface area contributed by atoms with Crippen molar-refractivity contribution in [3.05, 3.63) is 29.8 Å². The van der Waals surface area contributed by atoms with Crippen LogP contribution in [0, 0.1) is 5.92 Å². The first-order valence-corrected chi connectivity index (χ1v) is 6.61. The van der Waals surface area contributed by atoms with Crippen molar-refractivity contribution in [3.8, 4) is 5.75 Å². The molecule has 0 aromatic heterocycles. The predicted molar refractivity (Wildman–Crippen MR) is 70.3 cm³/mol. The maximum absolute atomic E-state index is 12.3. The number of aliphatic hydroxyl groups excluding tert-OH is 1. The molecule has 1 aromatic rings. The summed E-state index contributed by atoms with van der Waals surface area (Å²) in [4.78, 5) is 0. The molecule has 0 aliphatic carbocycles. The van der Waals surface area contributed by atoms with Crippen LogP contribution in [0.5, 0.6) is 5.75 Å². The molecule has 0 heterocycles. The molecule has 0 aliphatic heterocycles. The Balaban J connectivity index is 2.55. The van der Waals surface area contributed by atoms with Gasteiger partial charge in [0.05, 0.1) is 0 Å². The smallest absolute Gasteiger partial charge is 0.405 e. The van der Waals surface area contributed by atoms with Crippen LogP contribution in [0.2, 0.25) is 0 Å². The van der Waals surface area contributed by atoms with E-state index in [-0.39, 0.29) is 12.4 Å². The first-order chi connectivity index (χ1) is 9.46. The van der Waals surface area contributed by atoms with Gasteiger partial charge in [0.25, 0.3) is 0 Å². The summed E-state index contributed by atoms with van der Waals surface area (Å²) in [6.07, 6.45) is -3.09. The summed E-state index contributed by atoms with van der Waals surface area (Å²) in [6, 6.07) is 6.08. The molecule has 20 heavy (non-hydrogen) atoms. The number of benzene rings is 1. The number of hydrogen-bond acceptors (Lipinski definition) is 3. The van der Waals surface area contributed by atoms with Crippen LogP contribution in [0.1, 0.15) is 25.3 Å². The number of halogens is 3. The second-order valence-corrected chi connectivity index (χ2v) is 4.57. The van der Waals surface area contributed by atoms with Gasteiger partial charge in [0.15, 0.2) is 0 Å². The number of hydrogen-bond donors (Lipinski definition) is 2. The van der Waals surface area contributed by atoms with Crippen molar-refractivity contribution in [1.82, 2.24) is 5.32 Å². The van der Waals surface area contributed by atoms with Crippen LogP contribution in [-0.4, -0.2) is 24.6 Å². The van der Waals surface area contributed by atoms with Gasteiger partial charge in [0.2, 0.25) is 0 Å². The van der Waals surface area contributed by atoms with Crippen molar-refractivity contribution in [3.63, 3.8) is 0 Å². The van der Waals surface area contributed by atoms with Crippen LogP contribution < -0.4 is 10.1 Å². The van der Waals surface area contributed by atoms with Gasteiger partial charge in [0.1, 0.15) is 5.75 Å². The predicted octanol–water partition coefficient (Wildman–Crippen LogP) is 3.08. The van der Waals surface area contributed by atoms with Crippen LogP contribution in [0.4, 0.5) is 13.2 Å². The van der Waals surface area contributed by atoms with Crippen molar-refractivity contribution in [2.24, 2.45) is 5.92 Å². The molecule has 1 rings (SSSR count). The molecule has 3 nitrogen and oxygen atoms in total. The second-order valence-electron chi connectivity index (χ2n) is 4.57. The van der Waals surface area contributed by atoms with Crippen molar-refractivity contribution in [1.29, 1.82) is 0 Å². The van der Waals surface area contributed by atoms with Gasteiger partial charge < -0.3 is 15.2 Å². The van der Waals surface area contributed by atoms with Gasteiger partial charge in [-0.05, 0) is 24.9 Å². The highest BCUT2D eigenvalue weighted by Gasteiger charge is 2.31. The summed E-state index contributed by atoms with van der Waals surface area (Å²) >= 11 is 0. The van der Waals surface area contributed by atoms with Crippen LogP contribution in [0.15, 0.2) is 24.3 Å². The summed E-state index contributed by atoms with van der Waals surface area (Å²) in [6.45, 7) is 3.09. The third-order valence-corrected chi connectivity index (χ3v) is 3.06. The molecule has 0 amide bonds. The molecular formula is C14H20F3NO2. The molecule has 0 saturated heterocycles. The van der Waals surface area contributed by atoms with E-state index in [2.05, 4.69) is 10.1 Å². The number of nitrogens with one attached hydrogen (secondary N) is 1. The van der Waals surface area contributed by atoms with Crippen LogP contribution in [0.25, 0.3) is 0 Å². The molecule has 2 N–H and O–H groups in total. The largest absolute Gasteiger partial charge is 0.573 e. The van der Waals surface area contributed by atoms with E-state index in [4.69, 9.17) is 5.11 Å². The lowest BCUT2D eigenvalue weighted by Crippen LogP contribution is -2.24. The topological polar surface area (TPSA) is 41.5 Å². The molecule has 0 radical (unpaired) electrons. The summed E-state index contributed by atoms with van der Waals surface area (Å²) in [5.41, 5.74) is 0.462. The Kier molecular flexibility index (Phi) is 6.81. The fraction of sp³-hybridized carbons (Fsp3) is 0.571. The van der Waals surface area contributed by atoms with E-state index in [1.165, 1.54) is 12.1 Å². The zero-order valence-electron chi connectivity index (χ0n) is 11.4. The Hall–Kier alpha value is -1.27. The quantitative estimate of drug-likeness (QED) is 0.773. The van der Waals surface area contributed by atoms with Crippen molar-refractivity contribution >= 4 is 0 Å². The average molecular weight is 291 g/mol. The van der Waals surface area contributed by atoms with E-state index in [1.807, 2.05) is 6.92 Å². The Bertz CT molecular complexity index is 396.